The highest BCUT2D eigenvalue weighted by Gasteiger charge is 2.18. The second-order valence-electron chi connectivity index (χ2n) is 7.00. The van der Waals surface area contributed by atoms with E-state index in [1.165, 1.54) is 11.5 Å². The van der Waals surface area contributed by atoms with Crippen molar-refractivity contribution < 1.29 is 9.47 Å². The Morgan fingerprint density at radius 3 is 1.93 bits per heavy atom. The molecule has 0 atom stereocenters. The van der Waals surface area contributed by atoms with Crippen LogP contribution in [0.3, 0.4) is 0 Å². The lowest BCUT2D eigenvalue weighted by molar-refractivity contribution is 0.415. The first-order valence-corrected chi connectivity index (χ1v) is 9.97. The van der Waals surface area contributed by atoms with Gasteiger partial charge in [-0.25, -0.2) is 4.98 Å². The number of aryl methyl sites for hydroxylation is 2. The van der Waals surface area contributed by atoms with Crippen LogP contribution in [0.25, 0.3) is 43.8 Å². The Hall–Kier alpha value is -3.32. The number of rotatable bonds is 4. The van der Waals surface area contributed by atoms with Crippen molar-refractivity contribution in [3.8, 4) is 33.5 Å². The van der Waals surface area contributed by atoms with Gasteiger partial charge in [0.05, 0.1) is 14.2 Å². The maximum absolute atomic E-state index is 5.41. The molecule has 0 radical (unpaired) electrons. The Kier molecular flexibility index (Phi) is 4.06. The van der Waals surface area contributed by atoms with Gasteiger partial charge in [0.15, 0.2) is 5.82 Å². The standard InChI is InChI=1S/C22H20N4O2S/c1-25-11-17(15-9-13(27-3)5-7-19(15)25)21-23-22(29-24-21)18-12-26(2)20-8-6-14(28-4)10-16(18)20/h5-12H,1-4H3. The molecule has 146 valence electrons. The van der Waals surface area contributed by atoms with Crippen molar-refractivity contribution in [2.45, 2.75) is 0 Å². The van der Waals surface area contributed by atoms with E-state index in [0.717, 1.165) is 55.3 Å². The molecule has 7 heteroatoms. The van der Waals surface area contributed by atoms with Crippen LogP contribution >= 0.6 is 11.5 Å². The van der Waals surface area contributed by atoms with Crippen LogP contribution in [0.15, 0.2) is 48.8 Å². The summed E-state index contributed by atoms with van der Waals surface area (Å²) in [6, 6.07) is 12.2. The van der Waals surface area contributed by atoms with E-state index in [1.54, 1.807) is 14.2 Å². The number of hydrogen-bond donors (Lipinski definition) is 0. The van der Waals surface area contributed by atoms with Gasteiger partial charge in [-0.3, -0.25) is 0 Å². The van der Waals surface area contributed by atoms with Crippen LogP contribution < -0.4 is 9.47 Å². The summed E-state index contributed by atoms with van der Waals surface area (Å²) in [5.41, 5.74) is 4.31. The first kappa shape index (κ1) is 17.8. The maximum Gasteiger partial charge on any atom is 0.175 e. The van der Waals surface area contributed by atoms with E-state index in [9.17, 15) is 0 Å². The SMILES string of the molecule is COc1ccc2c(c1)c(-c1nsc(-c3cn(C)c4ccc(OC)cc34)n1)cn2C. The molecule has 3 aromatic heterocycles. The van der Waals surface area contributed by atoms with Gasteiger partial charge in [0.2, 0.25) is 0 Å². The summed E-state index contributed by atoms with van der Waals surface area (Å²) in [7, 11) is 7.43. The summed E-state index contributed by atoms with van der Waals surface area (Å²) in [6.07, 6.45) is 4.17. The summed E-state index contributed by atoms with van der Waals surface area (Å²) in [4.78, 5) is 4.89. The molecule has 0 aliphatic rings. The second-order valence-corrected chi connectivity index (χ2v) is 7.75. The van der Waals surface area contributed by atoms with Crippen LogP contribution in [0, 0.1) is 0 Å². The smallest absolute Gasteiger partial charge is 0.175 e. The van der Waals surface area contributed by atoms with Crippen molar-refractivity contribution in [1.82, 2.24) is 18.5 Å². The predicted molar refractivity (Wildman–Crippen MR) is 117 cm³/mol. The van der Waals surface area contributed by atoms with Crippen molar-refractivity contribution in [2.24, 2.45) is 14.1 Å². The first-order chi connectivity index (χ1) is 14.1. The summed E-state index contributed by atoms with van der Waals surface area (Å²) < 4.78 is 19.7. The average Bonchev–Trinajstić information content (AvgIpc) is 3.43. The summed E-state index contributed by atoms with van der Waals surface area (Å²) in [5, 5.41) is 3.07. The van der Waals surface area contributed by atoms with Crippen LogP contribution in [-0.2, 0) is 14.1 Å². The van der Waals surface area contributed by atoms with E-state index in [0.29, 0.717) is 0 Å². The Bertz CT molecular complexity index is 1260. The Labute approximate surface area is 172 Å². The second kappa shape index (κ2) is 6.63. The molecular weight excluding hydrogens is 384 g/mol. The molecular formula is C22H20N4O2S. The molecule has 0 fully saturated rings. The van der Waals surface area contributed by atoms with Crippen LogP contribution in [0.4, 0.5) is 0 Å². The number of nitrogens with zero attached hydrogens (tertiary/aromatic N) is 4. The highest BCUT2D eigenvalue weighted by molar-refractivity contribution is 7.09. The van der Waals surface area contributed by atoms with Gasteiger partial charge in [-0.05, 0) is 47.9 Å². The summed E-state index contributed by atoms with van der Waals surface area (Å²) in [6.45, 7) is 0. The van der Waals surface area contributed by atoms with Crippen molar-refractivity contribution >= 4 is 33.3 Å². The summed E-state index contributed by atoms with van der Waals surface area (Å²) >= 11 is 1.41. The number of fused-ring (bicyclic) bond motifs is 2. The number of aromatic nitrogens is 4. The van der Waals surface area contributed by atoms with Gasteiger partial charge >= 0.3 is 0 Å². The number of hydrogen-bond acceptors (Lipinski definition) is 5. The molecule has 2 aromatic carbocycles. The molecule has 0 unspecified atom stereocenters. The van der Waals surface area contributed by atoms with Gasteiger partial charge in [-0.2, -0.15) is 4.37 Å². The molecule has 3 heterocycles. The van der Waals surface area contributed by atoms with Gasteiger partial charge in [-0.1, -0.05) is 0 Å². The molecule has 6 nitrogen and oxygen atoms in total. The maximum atomic E-state index is 5.41. The number of benzene rings is 2. The van der Waals surface area contributed by atoms with Crippen LogP contribution in [0.2, 0.25) is 0 Å². The van der Waals surface area contributed by atoms with Crippen LogP contribution in [0.1, 0.15) is 0 Å². The fourth-order valence-electron chi connectivity index (χ4n) is 3.79. The van der Waals surface area contributed by atoms with E-state index in [4.69, 9.17) is 14.5 Å². The highest BCUT2D eigenvalue weighted by Crippen LogP contribution is 2.37. The number of methoxy groups -OCH3 is 2. The van der Waals surface area contributed by atoms with E-state index in [-0.39, 0.29) is 0 Å². The molecule has 0 spiro atoms. The van der Waals surface area contributed by atoms with E-state index < -0.39 is 0 Å². The molecule has 5 aromatic rings. The van der Waals surface area contributed by atoms with Crippen molar-refractivity contribution in [3.05, 3.63) is 48.8 Å². The molecule has 0 aliphatic heterocycles. The van der Waals surface area contributed by atoms with Gasteiger partial charge in [-0.15, -0.1) is 0 Å². The lowest BCUT2D eigenvalue weighted by Gasteiger charge is -2.01. The Balaban J connectivity index is 1.66. The molecule has 0 saturated heterocycles. The van der Waals surface area contributed by atoms with Gasteiger partial charge in [0.1, 0.15) is 16.5 Å². The van der Waals surface area contributed by atoms with Crippen molar-refractivity contribution in [2.75, 3.05) is 14.2 Å². The van der Waals surface area contributed by atoms with Crippen LogP contribution in [0.5, 0.6) is 11.5 Å². The van der Waals surface area contributed by atoms with Crippen molar-refractivity contribution in [1.29, 1.82) is 0 Å². The monoisotopic (exact) mass is 404 g/mol. The predicted octanol–water partition coefficient (Wildman–Crippen LogP) is 4.87. The lowest BCUT2D eigenvalue weighted by atomic mass is 10.1. The van der Waals surface area contributed by atoms with E-state index >= 15 is 0 Å². The quantitative estimate of drug-likeness (QED) is 0.429. The summed E-state index contributed by atoms with van der Waals surface area (Å²) in [5.74, 6) is 2.38. The zero-order valence-electron chi connectivity index (χ0n) is 16.6. The van der Waals surface area contributed by atoms with Crippen molar-refractivity contribution in [3.63, 3.8) is 0 Å². The molecule has 0 N–H and O–H groups in total. The zero-order chi connectivity index (χ0) is 20.1. The molecule has 29 heavy (non-hydrogen) atoms. The third-order valence-electron chi connectivity index (χ3n) is 5.29. The third-order valence-corrected chi connectivity index (χ3v) is 6.04. The zero-order valence-corrected chi connectivity index (χ0v) is 17.4. The minimum absolute atomic E-state index is 0.726. The van der Waals surface area contributed by atoms with Gasteiger partial charge in [0, 0.05) is 59.4 Å². The van der Waals surface area contributed by atoms with Gasteiger partial charge < -0.3 is 18.6 Å². The lowest BCUT2D eigenvalue weighted by Crippen LogP contribution is -1.85. The number of ether oxygens (including phenoxy) is 2. The highest BCUT2D eigenvalue weighted by atomic mass is 32.1. The minimum atomic E-state index is 0.726. The largest absolute Gasteiger partial charge is 0.497 e. The van der Waals surface area contributed by atoms with Gasteiger partial charge in [0.25, 0.3) is 0 Å². The minimum Gasteiger partial charge on any atom is -0.497 e. The van der Waals surface area contributed by atoms with Crippen LogP contribution in [-0.4, -0.2) is 32.7 Å². The fourth-order valence-corrected chi connectivity index (χ4v) is 4.49. The van der Waals surface area contributed by atoms with E-state index in [2.05, 4.69) is 44.1 Å². The Morgan fingerprint density at radius 1 is 0.793 bits per heavy atom. The molecule has 0 amide bonds. The fraction of sp³-hybridized carbons (Fsp3) is 0.182. The third kappa shape index (κ3) is 2.77. The normalized spacial score (nSPS) is 11.4. The molecule has 0 aliphatic carbocycles. The average molecular weight is 404 g/mol. The topological polar surface area (TPSA) is 54.1 Å². The molecule has 0 saturated carbocycles. The molecule has 5 rings (SSSR count). The molecule has 0 bridgehead atoms. The van der Waals surface area contributed by atoms with E-state index in [1.807, 2.05) is 32.3 Å². The Morgan fingerprint density at radius 2 is 1.34 bits per heavy atom. The first-order valence-electron chi connectivity index (χ1n) is 9.19.